The van der Waals surface area contributed by atoms with Crippen LogP contribution in [0.2, 0.25) is 0 Å². The van der Waals surface area contributed by atoms with Crippen molar-refractivity contribution in [3.63, 3.8) is 0 Å². The van der Waals surface area contributed by atoms with Crippen LogP contribution in [0, 0.1) is 11.8 Å². The second kappa shape index (κ2) is 43.7. The first-order chi connectivity index (χ1) is 47.3. The molecular weight excluding hydrogens is 1330 g/mol. The van der Waals surface area contributed by atoms with Crippen LogP contribution in [-0.4, -0.2) is 224 Å². The summed E-state index contributed by atoms with van der Waals surface area (Å²) < 4.78 is 0. The molecule has 0 saturated carbocycles. The van der Waals surface area contributed by atoms with Crippen molar-refractivity contribution in [2.45, 2.75) is 210 Å². The number of nitrogens with one attached hydrogen (secondary N) is 10. The number of rotatable bonds is 47. The molecule has 0 spiro atoms. The zero-order valence-corrected chi connectivity index (χ0v) is 57.0. The van der Waals surface area contributed by atoms with Crippen LogP contribution in [-0.2, 0) is 87.9 Å². The van der Waals surface area contributed by atoms with E-state index in [9.17, 15) is 96.8 Å². The van der Waals surface area contributed by atoms with E-state index in [-0.39, 0.29) is 95.7 Å². The van der Waals surface area contributed by atoms with Crippen molar-refractivity contribution in [2.24, 2.45) is 51.2 Å². The van der Waals surface area contributed by atoms with E-state index in [0.29, 0.717) is 5.56 Å². The van der Waals surface area contributed by atoms with Crippen LogP contribution in [0.4, 0.5) is 0 Å². The number of likely N-dealkylation sites (tertiary alicyclic amines) is 1. The van der Waals surface area contributed by atoms with Gasteiger partial charge in [-0.1, -0.05) is 58.0 Å². The van der Waals surface area contributed by atoms with Gasteiger partial charge in [0.05, 0.1) is 31.7 Å². The predicted octanol–water partition coefficient (Wildman–Crippen LogP) is -6.66. The maximum absolute atomic E-state index is 14.5. The Morgan fingerprint density at radius 1 is 0.485 bits per heavy atom. The number of unbranched alkanes of at least 4 members (excludes halogenated alkanes) is 1. The number of nitrogens with two attached hydrogens (primary N) is 6. The van der Waals surface area contributed by atoms with Crippen LogP contribution in [0.3, 0.4) is 0 Å². The lowest BCUT2D eigenvalue weighted by Crippen LogP contribution is -2.61. The van der Waals surface area contributed by atoms with Crippen molar-refractivity contribution < 1.29 is 102 Å². The molecule has 1 aliphatic rings. The summed E-state index contributed by atoms with van der Waals surface area (Å²) in [5, 5.41) is 62.1. The molecule has 101 heavy (non-hydrogen) atoms. The molecular formula is C62H98N18O21. The SMILES string of the molecule is CC(C)C[C@H](NC(=O)[C@H](CCCN=C(N)N)NC(=O)[C@@H]1CCCN1C(=O)[C@H](CC(=O)O)NC(=O)[C@H](CC(C)C)NC(=O)[C@H](CC(N)=O)NC(=O)[C@H](C)NC(=O)[C@H](CCCCN)NC(=O)[C@H](CC(N)=O)NC(=O)[C@H](CCC(=O)O)NC(=O)[C@@H](N)CC(=O)O)C(=O)N[C@@H](Cc1ccccc1)C(=O)O. The molecule has 1 aliphatic heterocycles. The Kier molecular flexibility index (Phi) is 37.4. The molecule has 1 aromatic rings. The molecule has 0 unspecified atom stereocenters. The van der Waals surface area contributed by atoms with E-state index >= 15 is 0 Å². The molecule has 1 aromatic carbocycles. The monoisotopic (exact) mass is 1430 g/mol. The zero-order valence-electron chi connectivity index (χ0n) is 57.0. The van der Waals surface area contributed by atoms with E-state index < -0.39 is 218 Å². The number of hydrogen-bond donors (Lipinski definition) is 20. The fourth-order valence-corrected chi connectivity index (χ4v) is 10.4. The number of primary amides is 2. The summed E-state index contributed by atoms with van der Waals surface area (Å²) in [4.78, 5) is 230. The third-order valence-electron chi connectivity index (χ3n) is 15.4. The van der Waals surface area contributed by atoms with Gasteiger partial charge in [0.2, 0.25) is 76.8 Å². The minimum absolute atomic E-state index is 0.0194. The van der Waals surface area contributed by atoms with Crippen LogP contribution in [0.1, 0.15) is 136 Å². The molecule has 39 nitrogen and oxygen atoms in total. The Bertz CT molecular complexity index is 3130. The largest absolute Gasteiger partial charge is 0.481 e. The number of nitrogens with zero attached hydrogens (tertiary/aromatic N) is 2. The van der Waals surface area contributed by atoms with E-state index in [2.05, 4.69) is 58.2 Å². The van der Waals surface area contributed by atoms with Crippen molar-refractivity contribution in [1.82, 2.24) is 58.1 Å². The fourth-order valence-electron chi connectivity index (χ4n) is 10.4. The summed E-state index contributed by atoms with van der Waals surface area (Å²) in [7, 11) is 0. The number of aliphatic imine (C=N–C) groups is 1. The third kappa shape index (κ3) is 32.8. The molecule has 1 heterocycles. The van der Waals surface area contributed by atoms with Gasteiger partial charge >= 0.3 is 23.9 Å². The summed E-state index contributed by atoms with van der Waals surface area (Å²) in [5.41, 5.74) is 33.7. The molecule has 562 valence electrons. The average Bonchev–Trinajstić information content (AvgIpc) is 1.75. The zero-order chi connectivity index (χ0) is 76.4. The number of carboxylic acid groups (broad SMARTS) is 4. The topological polar surface area (TPSA) is 663 Å². The Hall–Kier alpha value is -10.6. The standard InChI is InChI=1S/C62H98N18O21/c1-30(2)23-38(76-58(97)40(27-45(65)81)74-50(89)32(5)70-52(91)35(15-9-10-20-63)72-57(96)41(28-46(66)82)77-54(93)37(18-19-47(83)84)71-51(90)34(64)26-48(85)86)55(94)78-42(29-49(87)88)60(99)80-22-12-17-44(80)59(98)73-36(16-11-21-69-62(67)68)53(92)75-39(24-31(3)4)56(95)79-43(61(100)101)25-33-13-7-6-8-14-33/h6-8,13-14,30-32,34-44H,9-12,15-29,63-64H2,1-5H3,(H2,65,81)(H2,66,82)(H,70,91)(H,71,90)(H,72,96)(H,73,98)(H,74,89)(H,75,92)(H,76,97)(H,77,93)(H,78,94)(H,79,95)(H,83,84)(H,85,86)(H,87,88)(H,100,101)(H4,67,68,69)/t32-,34-,35-,36-,37-,38-,39-,40-,41-,42-,43-,44-/m0/s1. The Labute approximate surface area is 581 Å². The van der Waals surface area contributed by atoms with E-state index in [4.69, 9.17) is 39.5 Å². The molecule has 26 N–H and O–H groups in total. The van der Waals surface area contributed by atoms with Crippen molar-refractivity contribution in [3.05, 3.63) is 35.9 Å². The van der Waals surface area contributed by atoms with Crippen molar-refractivity contribution in [1.29, 1.82) is 0 Å². The molecule has 0 bridgehead atoms. The quantitative estimate of drug-likeness (QED) is 0.0164. The summed E-state index contributed by atoms with van der Waals surface area (Å²) in [6.45, 7) is 7.79. The second-order valence-electron chi connectivity index (χ2n) is 25.1. The summed E-state index contributed by atoms with van der Waals surface area (Å²) in [5.74, 6) is -21.1. The average molecular weight is 1430 g/mol. The first kappa shape index (κ1) is 86.5. The first-order valence-corrected chi connectivity index (χ1v) is 32.7. The number of carboxylic acids is 4. The second-order valence-corrected chi connectivity index (χ2v) is 25.1. The molecule has 1 saturated heterocycles. The number of hydrogen-bond acceptors (Lipinski definition) is 20. The lowest BCUT2D eigenvalue weighted by Gasteiger charge is -2.31. The molecule has 2 rings (SSSR count). The fraction of sp³-hybridized carbons (Fsp3) is 0.613. The van der Waals surface area contributed by atoms with Gasteiger partial charge in [0, 0.05) is 25.9 Å². The first-order valence-electron chi connectivity index (χ1n) is 32.7. The number of benzene rings is 1. The molecule has 1 fully saturated rings. The predicted molar refractivity (Wildman–Crippen MR) is 356 cm³/mol. The molecule has 39 heteroatoms. The van der Waals surface area contributed by atoms with E-state index in [1.54, 1.807) is 58.0 Å². The van der Waals surface area contributed by atoms with Crippen molar-refractivity contribution >= 4 is 107 Å². The van der Waals surface area contributed by atoms with Crippen LogP contribution in [0.15, 0.2) is 35.3 Å². The van der Waals surface area contributed by atoms with Crippen LogP contribution in [0.25, 0.3) is 0 Å². The van der Waals surface area contributed by atoms with Crippen LogP contribution in [0.5, 0.6) is 0 Å². The third-order valence-corrected chi connectivity index (χ3v) is 15.4. The Morgan fingerprint density at radius 2 is 0.921 bits per heavy atom. The van der Waals surface area contributed by atoms with E-state index in [1.807, 2.05) is 0 Å². The van der Waals surface area contributed by atoms with E-state index in [0.717, 1.165) is 11.8 Å². The van der Waals surface area contributed by atoms with Gasteiger partial charge in [-0.3, -0.25) is 81.7 Å². The number of amides is 13. The van der Waals surface area contributed by atoms with E-state index in [1.165, 1.54) is 0 Å². The Balaban J connectivity index is 2.41. The molecule has 0 aromatic heterocycles. The smallest absolute Gasteiger partial charge is 0.326 e. The highest BCUT2D eigenvalue weighted by Gasteiger charge is 2.42. The summed E-state index contributed by atoms with van der Waals surface area (Å²) >= 11 is 0. The molecule has 0 radical (unpaired) electrons. The maximum atomic E-state index is 14.5. The molecule has 0 aliphatic carbocycles. The Morgan fingerprint density at radius 3 is 1.41 bits per heavy atom. The van der Waals surface area contributed by atoms with Gasteiger partial charge in [-0.05, 0) is 95.1 Å². The molecule has 13 amide bonds. The number of carbonyl (C=O) groups excluding carboxylic acids is 13. The van der Waals surface area contributed by atoms with Crippen molar-refractivity contribution in [2.75, 3.05) is 19.6 Å². The number of guanidine groups is 1. The molecule has 12 atom stereocenters. The highest BCUT2D eigenvalue weighted by Crippen LogP contribution is 2.21. The maximum Gasteiger partial charge on any atom is 0.326 e. The lowest BCUT2D eigenvalue weighted by atomic mass is 10.0. The summed E-state index contributed by atoms with van der Waals surface area (Å²) in [6.07, 6.45) is -5.18. The summed E-state index contributed by atoms with van der Waals surface area (Å²) in [6, 6.07) is -11.1. The highest BCUT2D eigenvalue weighted by molar-refractivity contribution is 6.01. The minimum Gasteiger partial charge on any atom is -0.481 e. The number of aliphatic carboxylic acids is 4. The van der Waals surface area contributed by atoms with Crippen molar-refractivity contribution in [3.8, 4) is 0 Å². The van der Waals surface area contributed by atoms with Crippen LogP contribution < -0.4 is 87.6 Å². The van der Waals surface area contributed by atoms with Gasteiger partial charge < -0.3 is 113 Å². The van der Waals surface area contributed by atoms with Gasteiger partial charge in [0.25, 0.3) is 0 Å². The van der Waals surface area contributed by atoms with Gasteiger partial charge in [-0.25, -0.2) is 4.79 Å². The van der Waals surface area contributed by atoms with Gasteiger partial charge in [-0.15, -0.1) is 0 Å². The van der Waals surface area contributed by atoms with Gasteiger partial charge in [0.15, 0.2) is 5.96 Å². The van der Waals surface area contributed by atoms with Gasteiger partial charge in [-0.2, -0.15) is 0 Å². The minimum atomic E-state index is -1.92. The van der Waals surface area contributed by atoms with Gasteiger partial charge in [0.1, 0.15) is 66.5 Å². The highest BCUT2D eigenvalue weighted by atomic mass is 16.4. The number of carbonyl (C=O) groups is 17. The lowest BCUT2D eigenvalue weighted by molar-refractivity contribution is -0.146. The normalized spacial score (nSPS) is 15.8. The van der Waals surface area contributed by atoms with Crippen LogP contribution >= 0.6 is 0 Å².